The molecular formula is C22H25ClN4O. The van der Waals surface area contributed by atoms with E-state index in [0.717, 1.165) is 37.2 Å². The van der Waals surface area contributed by atoms with Crippen LogP contribution in [0.3, 0.4) is 0 Å². The van der Waals surface area contributed by atoms with E-state index in [2.05, 4.69) is 17.6 Å². The van der Waals surface area contributed by atoms with Crippen LogP contribution in [0, 0.1) is 6.92 Å². The molecule has 1 fully saturated rings. The number of benzene rings is 2. The van der Waals surface area contributed by atoms with E-state index in [1.807, 2.05) is 60.8 Å². The van der Waals surface area contributed by atoms with Gasteiger partial charge in [0.25, 0.3) is 5.91 Å². The molecule has 0 spiro atoms. The average molecular weight is 397 g/mol. The first-order valence-corrected chi connectivity index (χ1v) is 9.44. The molecule has 1 saturated heterocycles. The van der Waals surface area contributed by atoms with Gasteiger partial charge in [-0.2, -0.15) is 5.10 Å². The maximum absolute atomic E-state index is 13.0. The Morgan fingerprint density at radius 1 is 1.14 bits per heavy atom. The summed E-state index contributed by atoms with van der Waals surface area (Å²) in [5, 5.41) is 11.2. The summed E-state index contributed by atoms with van der Waals surface area (Å²) < 4.78 is 1.79. The summed E-state index contributed by atoms with van der Waals surface area (Å²) in [4.78, 5) is 13.0. The van der Waals surface area contributed by atoms with Gasteiger partial charge in [-0.1, -0.05) is 48.0 Å². The van der Waals surface area contributed by atoms with Crippen molar-refractivity contribution in [2.24, 2.45) is 0 Å². The molecule has 1 atom stereocenters. The lowest BCUT2D eigenvalue weighted by atomic mass is 10.1. The number of halogens is 1. The molecule has 0 bridgehead atoms. The summed E-state index contributed by atoms with van der Waals surface area (Å²) in [5.74, 6) is -0.0686. The molecule has 6 heteroatoms. The fourth-order valence-corrected chi connectivity index (χ4v) is 3.42. The summed E-state index contributed by atoms with van der Waals surface area (Å²) >= 11 is 0. The van der Waals surface area contributed by atoms with Crippen LogP contribution < -0.4 is 10.6 Å². The lowest BCUT2D eigenvalue weighted by Gasteiger charge is -2.23. The van der Waals surface area contributed by atoms with Gasteiger partial charge in [-0.15, -0.1) is 12.4 Å². The van der Waals surface area contributed by atoms with Crippen molar-refractivity contribution < 1.29 is 4.79 Å². The Labute approximate surface area is 171 Å². The second-order valence-corrected chi connectivity index (χ2v) is 7.05. The molecule has 0 unspecified atom stereocenters. The van der Waals surface area contributed by atoms with Crippen LogP contribution in [0.25, 0.3) is 16.9 Å². The van der Waals surface area contributed by atoms with Gasteiger partial charge in [-0.3, -0.25) is 4.79 Å². The average Bonchev–Trinajstić information content (AvgIpc) is 3.16. The van der Waals surface area contributed by atoms with E-state index >= 15 is 0 Å². The molecule has 1 amide bonds. The highest BCUT2D eigenvalue weighted by molar-refractivity contribution is 6.00. The predicted octanol–water partition coefficient (Wildman–Crippen LogP) is 3.75. The summed E-state index contributed by atoms with van der Waals surface area (Å²) in [5.41, 5.74) is 4.38. The minimum Gasteiger partial charge on any atom is -0.348 e. The van der Waals surface area contributed by atoms with E-state index in [-0.39, 0.29) is 24.4 Å². The van der Waals surface area contributed by atoms with E-state index in [1.165, 1.54) is 5.56 Å². The molecule has 0 saturated carbocycles. The van der Waals surface area contributed by atoms with E-state index < -0.39 is 0 Å². The second kappa shape index (κ2) is 9.04. The third kappa shape index (κ3) is 4.43. The Kier molecular flexibility index (Phi) is 6.49. The van der Waals surface area contributed by atoms with Crippen LogP contribution in [0.1, 0.15) is 28.8 Å². The molecule has 146 valence electrons. The Balaban J connectivity index is 0.00000225. The highest BCUT2D eigenvalue weighted by atomic mass is 35.5. The number of aromatic nitrogens is 2. The molecule has 0 radical (unpaired) electrons. The van der Waals surface area contributed by atoms with Crippen LogP contribution in [-0.2, 0) is 0 Å². The summed E-state index contributed by atoms with van der Waals surface area (Å²) in [6.07, 6.45) is 3.92. The third-order valence-electron chi connectivity index (χ3n) is 4.94. The minimum atomic E-state index is -0.0686. The van der Waals surface area contributed by atoms with Gasteiger partial charge in [-0.25, -0.2) is 4.68 Å². The van der Waals surface area contributed by atoms with Gasteiger partial charge >= 0.3 is 0 Å². The van der Waals surface area contributed by atoms with E-state index in [9.17, 15) is 4.79 Å². The molecule has 5 nitrogen and oxygen atoms in total. The number of nitrogens with zero attached hydrogens (tertiary/aromatic N) is 2. The topological polar surface area (TPSA) is 59.0 Å². The fraction of sp³-hybridized carbons (Fsp3) is 0.273. The number of rotatable bonds is 4. The van der Waals surface area contributed by atoms with Crippen LogP contribution in [-0.4, -0.2) is 34.8 Å². The molecule has 2 aromatic carbocycles. The zero-order valence-electron chi connectivity index (χ0n) is 15.9. The molecule has 28 heavy (non-hydrogen) atoms. The van der Waals surface area contributed by atoms with Crippen LogP contribution in [0.5, 0.6) is 0 Å². The highest BCUT2D eigenvalue weighted by Crippen LogP contribution is 2.24. The number of aryl methyl sites for hydroxylation is 1. The van der Waals surface area contributed by atoms with Gasteiger partial charge in [0.2, 0.25) is 0 Å². The van der Waals surface area contributed by atoms with Crippen molar-refractivity contribution in [2.75, 3.05) is 13.1 Å². The zero-order chi connectivity index (χ0) is 18.6. The summed E-state index contributed by atoms with van der Waals surface area (Å²) in [6, 6.07) is 18.2. The molecule has 1 aromatic heterocycles. The molecule has 1 aliphatic rings. The van der Waals surface area contributed by atoms with E-state index in [0.29, 0.717) is 11.3 Å². The highest BCUT2D eigenvalue weighted by Gasteiger charge is 2.22. The van der Waals surface area contributed by atoms with Crippen LogP contribution in [0.4, 0.5) is 0 Å². The third-order valence-corrected chi connectivity index (χ3v) is 4.94. The number of hydrogen-bond acceptors (Lipinski definition) is 3. The largest absolute Gasteiger partial charge is 0.348 e. The Morgan fingerprint density at radius 3 is 2.57 bits per heavy atom. The predicted molar refractivity (Wildman–Crippen MR) is 114 cm³/mol. The number of nitrogens with one attached hydrogen (secondary N) is 2. The van der Waals surface area contributed by atoms with Gasteiger partial charge in [0.1, 0.15) is 5.69 Å². The first-order chi connectivity index (χ1) is 13.2. The minimum absolute atomic E-state index is 0. The van der Waals surface area contributed by atoms with Gasteiger partial charge in [0.15, 0.2) is 0 Å². The van der Waals surface area contributed by atoms with E-state index in [1.54, 1.807) is 4.68 Å². The zero-order valence-corrected chi connectivity index (χ0v) is 16.7. The smallest absolute Gasteiger partial charge is 0.255 e. The normalized spacial score (nSPS) is 16.2. The Morgan fingerprint density at radius 2 is 1.89 bits per heavy atom. The first kappa shape index (κ1) is 20.1. The van der Waals surface area contributed by atoms with E-state index in [4.69, 9.17) is 5.10 Å². The number of amides is 1. The Hall–Kier alpha value is -2.63. The molecule has 3 aromatic rings. The second-order valence-electron chi connectivity index (χ2n) is 7.05. The lowest BCUT2D eigenvalue weighted by molar-refractivity contribution is 0.0931. The van der Waals surface area contributed by atoms with Crippen molar-refractivity contribution in [1.82, 2.24) is 20.4 Å². The summed E-state index contributed by atoms with van der Waals surface area (Å²) in [6.45, 7) is 3.89. The summed E-state index contributed by atoms with van der Waals surface area (Å²) in [7, 11) is 0. The van der Waals surface area contributed by atoms with Gasteiger partial charge < -0.3 is 10.6 Å². The van der Waals surface area contributed by atoms with Crippen molar-refractivity contribution in [1.29, 1.82) is 0 Å². The van der Waals surface area contributed by atoms with Gasteiger partial charge in [0.05, 0.1) is 11.3 Å². The number of carbonyl (C=O) groups excluding carboxylic acids is 1. The molecule has 2 heterocycles. The van der Waals surface area contributed by atoms with Crippen LogP contribution in [0.2, 0.25) is 0 Å². The van der Waals surface area contributed by atoms with Gasteiger partial charge in [-0.05, 0) is 38.4 Å². The van der Waals surface area contributed by atoms with Crippen LogP contribution in [0.15, 0.2) is 60.8 Å². The molecule has 1 aliphatic heterocycles. The molecule has 2 N–H and O–H groups in total. The van der Waals surface area contributed by atoms with Gasteiger partial charge in [0, 0.05) is 24.3 Å². The maximum atomic E-state index is 13.0. The number of piperidine rings is 1. The monoisotopic (exact) mass is 396 g/mol. The molecule has 4 rings (SSSR count). The molecular weight excluding hydrogens is 372 g/mol. The van der Waals surface area contributed by atoms with Crippen molar-refractivity contribution in [3.05, 3.63) is 71.9 Å². The van der Waals surface area contributed by atoms with Crippen molar-refractivity contribution >= 4 is 18.3 Å². The van der Waals surface area contributed by atoms with Crippen LogP contribution >= 0.6 is 12.4 Å². The Bertz CT molecular complexity index is 915. The fourth-order valence-electron chi connectivity index (χ4n) is 3.42. The van der Waals surface area contributed by atoms with Crippen molar-refractivity contribution in [2.45, 2.75) is 25.8 Å². The standard InChI is InChI=1S/C22H24N4O.ClH/c1-16-9-11-19(12-10-16)26-15-20(21(25-26)17-6-3-2-4-7-17)22(27)24-18-8-5-13-23-14-18;/h2-4,6-7,9-12,15,18,23H,5,8,13-14H2,1H3,(H,24,27);1H/t18-;/m0./s1. The lowest BCUT2D eigenvalue weighted by Crippen LogP contribution is -2.45. The van der Waals surface area contributed by atoms with Crippen molar-refractivity contribution in [3.8, 4) is 16.9 Å². The first-order valence-electron chi connectivity index (χ1n) is 9.44. The maximum Gasteiger partial charge on any atom is 0.255 e. The number of carbonyl (C=O) groups is 1. The number of hydrogen-bond donors (Lipinski definition) is 2. The quantitative estimate of drug-likeness (QED) is 0.706. The van der Waals surface area contributed by atoms with Crippen molar-refractivity contribution in [3.63, 3.8) is 0 Å². The molecule has 0 aliphatic carbocycles. The SMILES string of the molecule is Cc1ccc(-n2cc(C(=O)N[C@H]3CCCNC3)c(-c3ccccc3)n2)cc1.Cl.